The summed E-state index contributed by atoms with van der Waals surface area (Å²) >= 11 is 1.46. The molecule has 1 amide bonds. The molecule has 0 saturated carbocycles. The fraction of sp³-hybridized carbons (Fsp3) is 0.208. The van der Waals surface area contributed by atoms with Gasteiger partial charge in [0, 0.05) is 10.9 Å². The van der Waals surface area contributed by atoms with Crippen LogP contribution >= 0.6 is 11.3 Å². The number of carbonyl (C=O) groups is 1. The Morgan fingerprint density at radius 2 is 1.91 bits per heavy atom. The highest BCUT2D eigenvalue weighted by Gasteiger charge is 2.23. The SMILES string of the molecule is CCC(C(=O)Nc1cc(OC)ccc1OC)n1cnc2sc(-c3ccccc3)cc2c1=O. The number of anilines is 1. The topological polar surface area (TPSA) is 82.4 Å². The molecule has 7 nitrogen and oxygen atoms in total. The number of nitrogens with one attached hydrogen (secondary N) is 1. The lowest BCUT2D eigenvalue weighted by molar-refractivity contribution is -0.119. The first-order valence-electron chi connectivity index (χ1n) is 10.1. The van der Waals surface area contributed by atoms with E-state index in [1.807, 2.05) is 43.3 Å². The Balaban J connectivity index is 1.68. The molecule has 0 radical (unpaired) electrons. The Morgan fingerprint density at radius 3 is 2.59 bits per heavy atom. The monoisotopic (exact) mass is 449 g/mol. The Bertz CT molecular complexity index is 1310. The van der Waals surface area contributed by atoms with Gasteiger partial charge in [-0.25, -0.2) is 4.98 Å². The van der Waals surface area contributed by atoms with Crippen LogP contribution in [-0.4, -0.2) is 29.7 Å². The highest BCUT2D eigenvalue weighted by molar-refractivity contribution is 7.21. The first-order valence-corrected chi connectivity index (χ1v) is 11.0. The van der Waals surface area contributed by atoms with Crippen LogP contribution in [0.5, 0.6) is 11.5 Å². The van der Waals surface area contributed by atoms with Gasteiger partial charge in [-0.15, -0.1) is 11.3 Å². The first kappa shape index (κ1) is 21.6. The van der Waals surface area contributed by atoms with Crippen molar-refractivity contribution in [3.63, 3.8) is 0 Å². The zero-order valence-electron chi connectivity index (χ0n) is 18.0. The third-order valence-electron chi connectivity index (χ3n) is 5.22. The van der Waals surface area contributed by atoms with Crippen molar-refractivity contribution in [3.05, 3.63) is 71.3 Å². The summed E-state index contributed by atoms with van der Waals surface area (Å²) in [7, 11) is 3.07. The molecule has 0 aliphatic carbocycles. The minimum Gasteiger partial charge on any atom is -0.497 e. The van der Waals surface area contributed by atoms with Crippen LogP contribution in [-0.2, 0) is 4.79 Å². The van der Waals surface area contributed by atoms with Gasteiger partial charge in [-0.2, -0.15) is 0 Å². The number of carbonyl (C=O) groups excluding carboxylic acids is 1. The van der Waals surface area contributed by atoms with E-state index in [9.17, 15) is 9.59 Å². The van der Waals surface area contributed by atoms with Crippen LogP contribution < -0.4 is 20.3 Å². The molecule has 8 heteroatoms. The Morgan fingerprint density at radius 1 is 1.12 bits per heavy atom. The van der Waals surface area contributed by atoms with Gasteiger partial charge >= 0.3 is 0 Å². The number of fused-ring (bicyclic) bond motifs is 1. The molecule has 1 unspecified atom stereocenters. The molecule has 2 aromatic carbocycles. The molecule has 0 aliphatic heterocycles. The van der Waals surface area contributed by atoms with E-state index in [0.29, 0.717) is 33.8 Å². The zero-order valence-corrected chi connectivity index (χ0v) is 18.8. The summed E-state index contributed by atoms with van der Waals surface area (Å²) in [5, 5.41) is 3.36. The highest BCUT2D eigenvalue weighted by Crippen LogP contribution is 2.32. The van der Waals surface area contributed by atoms with Crippen molar-refractivity contribution in [2.75, 3.05) is 19.5 Å². The maximum Gasteiger partial charge on any atom is 0.262 e. The van der Waals surface area contributed by atoms with Crippen molar-refractivity contribution < 1.29 is 14.3 Å². The van der Waals surface area contributed by atoms with Crippen molar-refractivity contribution in [2.45, 2.75) is 19.4 Å². The van der Waals surface area contributed by atoms with Gasteiger partial charge < -0.3 is 14.8 Å². The average molecular weight is 450 g/mol. The predicted molar refractivity (Wildman–Crippen MR) is 127 cm³/mol. The number of nitrogens with zero attached hydrogens (tertiary/aromatic N) is 2. The van der Waals surface area contributed by atoms with Crippen molar-refractivity contribution in [2.24, 2.45) is 0 Å². The average Bonchev–Trinajstić information content (AvgIpc) is 3.27. The molecule has 0 spiro atoms. The minimum absolute atomic E-state index is 0.243. The zero-order chi connectivity index (χ0) is 22.7. The number of thiophene rings is 1. The fourth-order valence-corrected chi connectivity index (χ4v) is 4.53. The van der Waals surface area contributed by atoms with Crippen molar-refractivity contribution >= 4 is 33.1 Å². The Hall–Kier alpha value is -3.65. The second-order valence-corrected chi connectivity index (χ2v) is 8.16. The molecule has 32 heavy (non-hydrogen) atoms. The first-order chi connectivity index (χ1) is 15.5. The summed E-state index contributed by atoms with van der Waals surface area (Å²) in [5.41, 5.74) is 1.25. The van der Waals surface area contributed by atoms with Crippen LogP contribution in [0.25, 0.3) is 20.7 Å². The number of rotatable bonds is 7. The normalized spacial score (nSPS) is 11.8. The molecule has 1 atom stereocenters. The van der Waals surface area contributed by atoms with Gasteiger partial charge in [0.25, 0.3) is 5.56 Å². The number of aromatic nitrogens is 2. The summed E-state index contributed by atoms with van der Waals surface area (Å²) in [6, 6.07) is 16.1. The van der Waals surface area contributed by atoms with E-state index in [1.165, 1.54) is 29.3 Å². The lowest BCUT2D eigenvalue weighted by Crippen LogP contribution is -2.33. The van der Waals surface area contributed by atoms with Crippen LogP contribution in [0.1, 0.15) is 19.4 Å². The molecule has 4 rings (SSSR count). The quantitative estimate of drug-likeness (QED) is 0.441. The molecule has 4 aromatic rings. The smallest absolute Gasteiger partial charge is 0.262 e. The second-order valence-electron chi connectivity index (χ2n) is 7.13. The summed E-state index contributed by atoms with van der Waals surface area (Å²) in [6.45, 7) is 1.85. The molecule has 2 aromatic heterocycles. The second kappa shape index (κ2) is 9.23. The maximum atomic E-state index is 13.3. The molecule has 2 heterocycles. The van der Waals surface area contributed by atoms with Gasteiger partial charge in [-0.3, -0.25) is 14.2 Å². The fourth-order valence-electron chi connectivity index (χ4n) is 3.54. The summed E-state index contributed by atoms with van der Waals surface area (Å²) < 4.78 is 12.0. The molecular weight excluding hydrogens is 426 g/mol. The molecule has 0 bridgehead atoms. The lowest BCUT2D eigenvalue weighted by atomic mass is 10.1. The van der Waals surface area contributed by atoms with E-state index in [1.54, 1.807) is 25.3 Å². The molecule has 0 fully saturated rings. The minimum atomic E-state index is -0.726. The van der Waals surface area contributed by atoms with Crippen LogP contribution in [0.4, 0.5) is 5.69 Å². The third kappa shape index (κ3) is 4.09. The third-order valence-corrected chi connectivity index (χ3v) is 6.32. The van der Waals surface area contributed by atoms with E-state index in [2.05, 4.69) is 10.3 Å². The van der Waals surface area contributed by atoms with Gasteiger partial charge in [0.2, 0.25) is 5.91 Å². The van der Waals surface area contributed by atoms with Gasteiger partial charge in [0.05, 0.1) is 31.6 Å². The number of amides is 1. The molecule has 0 saturated heterocycles. The van der Waals surface area contributed by atoms with E-state index < -0.39 is 6.04 Å². The standard InChI is InChI=1S/C24H23N3O4S/c1-4-19(22(28)26-18-12-16(30-2)10-11-20(18)31-3)27-14-25-23-17(24(27)29)13-21(32-23)15-8-6-5-7-9-15/h5-14,19H,4H2,1-3H3,(H,26,28). The van der Waals surface area contributed by atoms with Crippen molar-refractivity contribution in [1.82, 2.24) is 9.55 Å². The van der Waals surface area contributed by atoms with Crippen molar-refractivity contribution in [1.29, 1.82) is 0 Å². The molecule has 164 valence electrons. The lowest BCUT2D eigenvalue weighted by Gasteiger charge is -2.19. The van der Waals surface area contributed by atoms with E-state index in [0.717, 1.165) is 10.4 Å². The molecule has 1 N–H and O–H groups in total. The molecular formula is C24H23N3O4S. The summed E-state index contributed by atoms with van der Waals surface area (Å²) in [5.74, 6) is 0.752. The van der Waals surface area contributed by atoms with E-state index in [4.69, 9.17) is 9.47 Å². The van der Waals surface area contributed by atoms with Crippen molar-refractivity contribution in [3.8, 4) is 21.9 Å². The maximum absolute atomic E-state index is 13.3. The number of ether oxygens (including phenoxy) is 2. The number of hydrogen-bond acceptors (Lipinski definition) is 6. The largest absolute Gasteiger partial charge is 0.497 e. The van der Waals surface area contributed by atoms with Crippen LogP contribution in [0.2, 0.25) is 0 Å². The number of methoxy groups -OCH3 is 2. The summed E-state index contributed by atoms with van der Waals surface area (Å²) in [4.78, 5) is 32.5. The van der Waals surface area contributed by atoms with Crippen LogP contribution in [0.15, 0.2) is 65.7 Å². The van der Waals surface area contributed by atoms with Gasteiger partial charge in [0.15, 0.2) is 0 Å². The predicted octanol–water partition coefficient (Wildman–Crippen LogP) is 4.73. The Kier molecular flexibility index (Phi) is 6.23. The van der Waals surface area contributed by atoms with Gasteiger partial charge in [-0.1, -0.05) is 37.3 Å². The highest BCUT2D eigenvalue weighted by atomic mass is 32.1. The number of hydrogen-bond donors (Lipinski definition) is 1. The van der Waals surface area contributed by atoms with E-state index >= 15 is 0 Å². The van der Waals surface area contributed by atoms with Gasteiger partial charge in [-0.05, 0) is 30.2 Å². The van der Waals surface area contributed by atoms with Crippen LogP contribution in [0, 0.1) is 0 Å². The Labute approximate surface area is 189 Å². The number of benzene rings is 2. The van der Waals surface area contributed by atoms with E-state index in [-0.39, 0.29) is 11.5 Å². The summed E-state index contributed by atoms with van der Waals surface area (Å²) in [6.07, 6.45) is 1.87. The van der Waals surface area contributed by atoms with Crippen LogP contribution in [0.3, 0.4) is 0 Å². The molecule has 0 aliphatic rings. The van der Waals surface area contributed by atoms with Gasteiger partial charge in [0.1, 0.15) is 22.4 Å².